The molecule has 0 unspecified atom stereocenters. The molecule has 0 aliphatic rings. The van der Waals surface area contributed by atoms with Gasteiger partial charge in [-0.3, -0.25) is 4.79 Å². The second kappa shape index (κ2) is 27.9. The molecule has 0 atom stereocenters. The Hall–Kier alpha value is 0.0534. The van der Waals surface area contributed by atoms with Gasteiger partial charge in [0.15, 0.2) is 0 Å². The summed E-state index contributed by atoms with van der Waals surface area (Å²) in [6.45, 7) is 4.20. The molecule has 0 rings (SSSR count). The van der Waals surface area contributed by atoms with Crippen molar-refractivity contribution in [1.82, 2.24) is 0 Å². The van der Waals surface area contributed by atoms with Crippen LogP contribution in [0.25, 0.3) is 0 Å². The van der Waals surface area contributed by atoms with E-state index >= 15 is 0 Å². The minimum atomic E-state index is -0.653. The third-order valence-corrected chi connectivity index (χ3v) is 3.99. The van der Waals surface area contributed by atoms with Gasteiger partial charge < -0.3 is 10.2 Å². The molecule has 0 radical (unpaired) electrons. The Labute approximate surface area is 163 Å². The van der Waals surface area contributed by atoms with E-state index in [1.807, 2.05) is 0 Å². The van der Waals surface area contributed by atoms with E-state index in [1.165, 1.54) is 83.5 Å². The van der Waals surface area contributed by atoms with Gasteiger partial charge in [-0.15, -0.1) is 0 Å². The normalized spacial score (nSPS) is 9.79. The fraction of sp³-hybridized carbons (Fsp3) is 0.950. The van der Waals surface area contributed by atoms with Crippen molar-refractivity contribution in [2.24, 2.45) is 0 Å². The van der Waals surface area contributed by atoms with Crippen molar-refractivity contribution in [2.75, 3.05) is 6.61 Å². The van der Waals surface area contributed by atoms with Gasteiger partial charge in [-0.05, 0) is 13.3 Å². The van der Waals surface area contributed by atoms with Gasteiger partial charge >= 0.3 is 5.97 Å². The Morgan fingerprint density at radius 1 is 0.625 bits per heavy atom. The molecule has 24 heavy (non-hydrogen) atoms. The van der Waals surface area contributed by atoms with Crippen molar-refractivity contribution in [1.29, 1.82) is 0 Å². The Kier molecular flexibility index (Phi) is 33.5. The molecule has 0 fully saturated rings. The topological polar surface area (TPSA) is 57.5 Å². The molecule has 0 saturated carbocycles. The largest absolute Gasteiger partial charge is 0.481 e. The summed E-state index contributed by atoms with van der Waals surface area (Å²) in [5.41, 5.74) is 0. The first-order chi connectivity index (χ1) is 11.2. The van der Waals surface area contributed by atoms with Crippen molar-refractivity contribution < 1.29 is 34.5 Å². The van der Waals surface area contributed by atoms with Gasteiger partial charge in [0.1, 0.15) is 0 Å². The molecule has 3 nitrogen and oxygen atoms in total. The van der Waals surface area contributed by atoms with E-state index in [2.05, 4.69) is 6.92 Å². The van der Waals surface area contributed by atoms with Gasteiger partial charge in [0.25, 0.3) is 0 Å². The summed E-state index contributed by atoms with van der Waals surface area (Å²) in [5, 5.41) is 16.1. The minimum absolute atomic E-state index is 0. The van der Waals surface area contributed by atoms with Gasteiger partial charge in [-0.2, -0.15) is 0 Å². The summed E-state index contributed by atoms with van der Waals surface area (Å²) < 4.78 is 0. The molecule has 0 aromatic rings. The fourth-order valence-electron chi connectivity index (χ4n) is 2.65. The third kappa shape index (κ3) is 33.6. The maximum atomic E-state index is 10.3. The molecule has 142 valence electrons. The van der Waals surface area contributed by atoms with Crippen molar-refractivity contribution in [3.05, 3.63) is 0 Å². The summed E-state index contributed by atoms with van der Waals surface area (Å²) in [6, 6.07) is 0. The summed E-state index contributed by atoms with van der Waals surface area (Å²) in [6.07, 6.45) is 20.2. The quantitative estimate of drug-likeness (QED) is 0.237. The van der Waals surface area contributed by atoms with Crippen LogP contribution < -0.4 is 0 Å². The predicted molar refractivity (Wildman–Crippen MR) is 99.9 cm³/mol. The maximum absolute atomic E-state index is 10.3. The van der Waals surface area contributed by atoms with Gasteiger partial charge in [0.05, 0.1) is 0 Å². The minimum Gasteiger partial charge on any atom is -0.481 e. The van der Waals surface area contributed by atoms with Crippen LogP contribution in [0.2, 0.25) is 0 Å². The summed E-state index contributed by atoms with van der Waals surface area (Å²) in [7, 11) is 0. The smallest absolute Gasteiger partial charge is 0.303 e. The number of aliphatic hydroxyl groups excluding tert-OH is 1. The molecule has 4 heteroatoms. The molecule has 0 saturated heterocycles. The number of rotatable bonds is 16. The van der Waals surface area contributed by atoms with E-state index in [-0.39, 0.29) is 26.1 Å². The average Bonchev–Trinajstić information content (AvgIpc) is 2.51. The van der Waals surface area contributed by atoms with Gasteiger partial charge in [0.2, 0.25) is 0 Å². The van der Waals surface area contributed by atoms with Gasteiger partial charge in [0, 0.05) is 32.5 Å². The van der Waals surface area contributed by atoms with Crippen molar-refractivity contribution in [3.8, 4) is 0 Å². The second-order valence-electron chi connectivity index (χ2n) is 6.41. The second-order valence-corrected chi connectivity index (χ2v) is 6.41. The van der Waals surface area contributed by atoms with Crippen LogP contribution in [-0.2, 0) is 24.3 Å². The molecule has 0 aromatic carbocycles. The number of aliphatic hydroxyl groups is 1. The monoisotopic (exact) mass is 394 g/mol. The molecule has 0 amide bonds. The molecule has 0 aliphatic heterocycles. The van der Waals surface area contributed by atoms with E-state index in [9.17, 15) is 4.79 Å². The molecular weight excluding hydrogens is 354 g/mol. The van der Waals surface area contributed by atoms with Crippen LogP contribution in [-0.4, -0.2) is 22.8 Å². The van der Waals surface area contributed by atoms with Gasteiger partial charge in [-0.25, -0.2) is 0 Å². The predicted octanol–water partition coefficient (Wildman–Crippen LogP) is 6.33. The van der Waals surface area contributed by atoms with Crippen molar-refractivity contribution >= 4 is 5.97 Å². The maximum Gasteiger partial charge on any atom is 0.303 e. The van der Waals surface area contributed by atoms with E-state index in [1.54, 1.807) is 6.92 Å². The summed E-state index contributed by atoms with van der Waals surface area (Å²) in [5.74, 6) is -0.653. The van der Waals surface area contributed by atoms with Crippen LogP contribution in [0, 0.1) is 0 Å². The Morgan fingerprint density at radius 2 is 0.875 bits per heavy atom. The first kappa shape index (κ1) is 28.8. The fourth-order valence-corrected chi connectivity index (χ4v) is 2.65. The zero-order chi connectivity index (χ0) is 17.6. The first-order valence-electron chi connectivity index (χ1n) is 10.0. The Balaban J connectivity index is -0.00000102. The van der Waals surface area contributed by atoms with Crippen LogP contribution >= 0.6 is 0 Å². The number of carboxylic acid groups (broad SMARTS) is 1. The Bertz CT molecular complexity index is 223. The number of hydrogen-bond acceptors (Lipinski definition) is 2. The number of aliphatic carboxylic acids is 1. The molecular formula is C20H42O3Zn. The van der Waals surface area contributed by atoms with Crippen LogP contribution in [0.1, 0.15) is 117 Å². The van der Waals surface area contributed by atoms with Crippen LogP contribution in [0.3, 0.4) is 0 Å². The number of carboxylic acids is 1. The van der Waals surface area contributed by atoms with E-state index in [0.29, 0.717) is 6.42 Å². The molecule has 0 spiro atoms. The zero-order valence-electron chi connectivity index (χ0n) is 16.5. The van der Waals surface area contributed by atoms with Crippen molar-refractivity contribution in [3.63, 3.8) is 0 Å². The number of unbranched alkanes of at least 4 members (excludes halogenated alkanes) is 14. The molecule has 0 bridgehead atoms. The molecule has 0 aromatic heterocycles. The molecule has 0 heterocycles. The van der Waals surface area contributed by atoms with Crippen LogP contribution in [0.4, 0.5) is 0 Å². The number of hydrogen-bond donors (Lipinski definition) is 2. The third-order valence-electron chi connectivity index (χ3n) is 3.99. The molecule has 0 aliphatic carbocycles. The summed E-state index contributed by atoms with van der Waals surface area (Å²) >= 11 is 0. The van der Waals surface area contributed by atoms with E-state index < -0.39 is 5.97 Å². The van der Waals surface area contributed by atoms with Crippen LogP contribution in [0.15, 0.2) is 0 Å². The average molecular weight is 396 g/mol. The zero-order valence-corrected chi connectivity index (χ0v) is 19.5. The summed E-state index contributed by atoms with van der Waals surface area (Å²) in [4.78, 5) is 10.3. The molecule has 2 N–H and O–H groups in total. The Morgan fingerprint density at radius 3 is 1.12 bits per heavy atom. The van der Waals surface area contributed by atoms with Crippen LogP contribution in [0.5, 0.6) is 0 Å². The SMILES string of the molecule is CCCCCCCCCCCCCCCCCC(=O)O.CCO.[Zn]. The van der Waals surface area contributed by atoms with E-state index in [0.717, 1.165) is 12.8 Å². The number of carbonyl (C=O) groups is 1. The standard InChI is InChI=1S/C18H36O2.C2H6O.Zn/c1-2-3-4-5-6-7-8-9-10-11-12-13-14-15-16-17-18(19)20;1-2-3;/h2-17H2,1H3,(H,19,20);3H,2H2,1H3;. The van der Waals surface area contributed by atoms with Gasteiger partial charge in [-0.1, -0.05) is 96.8 Å². The first-order valence-corrected chi connectivity index (χ1v) is 10.0. The van der Waals surface area contributed by atoms with E-state index in [4.69, 9.17) is 10.2 Å². The van der Waals surface area contributed by atoms with Crippen molar-refractivity contribution in [2.45, 2.75) is 117 Å².